The Morgan fingerprint density at radius 3 is 2.82 bits per heavy atom. The lowest BCUT2D eigenvalue weighted by atomic mass is 10.1. The number of pyridine rings is 1. The summed E-state index contributed by atoms with van der Waals surface area (Å²) in [5, 5.41) is 13.5. The lowest BCUT2D eigenvalue weighted by Crippen LogP contribution is -2.21. The van der Waals surface area contributed by atoms with E-state index in [0.29, 0.717) is 16.8 Å². The number of Topliss-reactive ketones (excluding diaryl/α,β-unsaturated/α-hetero) is 1. The predicted molar refractivity (Wildman–Crippen MR) is 82.1 cm³/mol. The van der Waals surface area contributed by atoms with Crippen molar-refractivity contribution in [3.8, 4) is 5.75 Å². The molecule has 2 aromatic heterocycles. The maximum atomic E-state index is 12.0. The van der Waals surface area contributed by atoms with Crippen LogP contribution in [0.3, 0.4) is 0 Å². The van der Waals surface area contributed by atoms with Gasteiger partial charge >= 0.3 is 0 Å². The third-order valence-electron chi connectivity index (χ3n) is 3.35. The molecule has 6 heteroatoms. The summed E-state index contributed by atoms with van der Waals surface area (Å²) in [5.74, 6) is 0.100. The van der Waals surface area contributed by atoms with Crippen molar-refractivity contribution in [2.24, 2.45) is 0 Å². The van der Waals surface area contributed by atoms with E-state index in [1.807, 2.05) is 0 Å². The Bertz CT molecular complexity index is 865. The molecule has 22 heavy (non-hydrogen) atoms. The van der Waals surface area contributed by atoms with E-state index in [9.17, 15) is 14.7 Å². The molecule has 112 valence electrons. The van der Waals surface area contributed by atoms with E-state index in [0.717, 1.165) is 0 Å². The molecule has 0 radical (unpaired) electrons. The molecule has 0 aliphatic heterocycles. The van der Waals surface area contributed by atoms with Crippen molar-refractivity contribution in [1.82, 2.24) is 4.98 Å². The van der Waals surface area contributed by atoms with Crippen LogP contribution in [0.5, 0.6) is 5.75 Å². The highest BCUT2D eigenvalue weighted by molar-refractivity contribution is 5.90. The van der Waals surface area contributed by atoms with Crippen LogP contribution in [0.2, 0.25) is 0 Å². The molecule has 1 aromatic carbocycles. The lowest BCUT2D eigenvalue weighted by Gasteiger charge is -2.07. The number of aromatic hydroxyl groups is 1. The standard InChI is InChI=1S/C16H14N2O4/c19-10(9-17-14-6-3-7-22-14)8-12-15(20)11-4-1-2-5-13(11)18-16(12)21/h1-7,17H,8-9H2,(H2,18,20,21). The Labute approximate surface area is 125 Å². The number of carbonyl (C=O) groups excluding carboxylic acids is 1. The number of rotatable bonds is 5. The van der Waals surface area contributed by atoms with Crippen molar-refractivity contribution < 1.29 is 14.3 Å². The molecule has 2 heterocycles. The number of fused-ring (bicyclic) bond motifs is 1. The molecule has 0 bridgehead atoms. The van der Waals surface area contributed by atoms with Crippen LogP contribution in [0.1, 0.15) is 5.56 Å². The predicted octanol–water partition coefficient (Wildman–Crippen LogP) is 2.05. The second kappa shape index (κ2) is 5.77. The number of carbonyl (C=O) groups is 1. The minimum absolute atomic E-state index is 0.0131. The van der Waals surface area contributed by atoms with Crippen molar-refractivity contribution in [2.75, 3.05) is 11.9 Å². The van der Waals surface area contributed by atoms with Crippen LogP contribution in [-0.2, 0) is 11.2 Å². The van der Waals surface area contributed by atoms with Gasteiger partial charge in [-0.25, -0.2) is 0 Å². The number of hydrogen-bond acceptors (Lipinski definition) is 5. The van der Waals surface area contributed by atoms with Crippen LogP contribution >= 0.6 is 0 Å². The van der Waals surface area contributed by atoms with Gasteiger partial charge in [-0.3, -0.25) is 9.59 Å². The van der Waals surface area contributed by atoms with Gasteiger partial charge < -0.3 is 19.8 Å². The summed E-state index contributed by atoms with van der Waals surface area (Å²) in [6.45, 7) is 0.0131. The summed E-state index contributed by atoms with van der Waals surface area (Å²) in [7, 11) is 0. The lowest BCUT2D eigenvalue weighted by molar-refractivity contribution is -0.116. The average Bonchev–Trinajstić information content (AvgIpc) is 3.03. The van der Waals surface area contributed by atoms with E-state index in [1.165, 1.54) is 6.26 Å². The molecular formula is C16H14N2O4. The first kappa shape index (κ1) is 13.9. The van der Waals surface area contributed by atoms with Crippen molar-refractivity contribution in [3.63, 3.8) is 0 Å². The van der Waals surface area contributed by atoms with Gasteiger partial charge in [-0.1, -0.05) is 12.1 Å². The molecule has 0 atom stereocenters. The summed E-state index contributed by atoms with van der Waals surface area (Å²) >= 11 is 0. The molecular weight excluding hydrogens is 284 g/mol. The van der Waals surface area contributed by atoms with Gasteiger partial charge in [-0.2, -0.15) is 0 Å². The maximum absolute atomic E-state index is 12.0. The van der Waals surface area contributed by atoms with Gasteiger partial charge in [0, 0.05) is 17.9 Å². The number of furan rings is 1. The number of anilines is 1. The van der Waals surface area contributed by atoms with Gasteiger partial charge in [0.1, 0.15) is 5.75 Å². The molecule has 3 N–H and O–H groups in total. The second-order valence-corrected chi connectivity index (χ2v) is 4.87. The van der Waals surface area contributed by atoms with Gasteiger partial charge in [0.05, 0.1) is 23.9 Å². The number of aromatic nitrogens is 1. The fourth-order valence-corrected chi connectivity index (χ4v) is 2.25. The van der Waals surface area contributed by atoms with E-state index < -0.39 is 5.56 Å². The molecule has 0 spiro atoms. The third-order valence-corrected chi connectivity index (χ3v) is 3.35. The number of aromatic amines is 1. The van der Waals surface area contributed by atoms with Gasteiger partial charge in [0.2, 0.25) is 0 Å². The highest BCUT2D eigenvalue weighted by Crippen LogP contribution is 2.24. The van der Waals surface area contributed by atoms with Crippen molar-refractivity contribution in [2.45, 2.75) is 6.42 Å². The topological polar surface area (TPSA) is 95.3 Å². The van der Waals surface area contributed by atoms with E-state index in [-0.39, 0.29) is 30.1 Å². The number of nitrogens with one attached hydrogen (secondary N) is 2. The van der Waals surface area contributed by atoms with E-state index in [2.05, 4.69) is 10.3 Å². The van der Waals surface area contributed by atoms with E-state index in [4.69, 9.17) is 4.42 Å². The third kappa shape index (κ3) is 2.71. The van der Waals surface area contributed by atoms with Crippen LogP contribution in [-0.4, -0.2) is 22.4 Å². The number of hydrogen-bond donors (Lipinski definition) is 3. The Hall–Kier alpha value is -3.02. The summed E-state index contributed by atoms with van der Waals surface area (Å²) in [6, 6.07) is 10.3. The van der Waals surface area contributed by atoms with Crippen molar-refractivity contribution >= 4 is 22.6 Å². The van der Waals surface area contributed by atoms with Crippen LogP contribution in [0.4, 0.5) is 5.88 Å². The highest BCUT2D eigenvalue weighted by Gasteiger charge is 2.15. The van der Waals surface area contributed by atoms with Crippen LogP contribution in [0.25, 0.3) is 10.9 Å². The fourth-order valence-electron chi connectivity index (χ4n) is 2.25. The molecule has 6 nitrogen and oxygen atoms in total. The van der Waals surface area contributed by atoms with E-state index in [1.54, 1.807) is 36.4 Å². The molecule has 0 aliphatic rings. The molecule has 0 amide bonds. The number of H-pyrrole nitrogens is 1. The zero-order chi connectivity index (χ0) is 15.5. The molecule has 0 unspecified atom stereocenters. The first-order valence-corrected chi connectivity index (χ1v) is 6.77. The van der Waals surface area contributed by atoms with Crippen LogP contribution in [0, 0.1) is 0 Å². The van der Waals surface area contributed by atoms with Crippen molar-refractivity contribution in [3.05, 3.63) is 58.6 Å². The Kier molecular flexibility index (Phi) is 3.65. The quantitative estimate of drug-likeness (QED) is 0.670. The maximum Gasteiger partial charge on any atom is 0.255 e. The van der Waals surface area contributed by atoms with Gasteiger partial charge in [0.25, 0.3) is 5.56 Å². The minimum Gasteiger partial charge on any atom is -0.507 e. The van der Waals surface area contributed by atoms with Crippen molar-refractivity contribution in [1.29, 1.82) is 0 Å². The summed E-state index contributed by atoms with van der Waals surface area (Å²) in [5.41, 5.74) is 0.155. The normalized spacial score (nSPS) is 10.7. The molecule has 3 aromatic rings. The summed E-state index contributed by atoms with van der Waals surface area (Å²) < 4.78 is 5.06. The number of para-hydroxylation sites is 1. The second-order valence-electron chi connectivity index (χ2n) is 4.87. The average molecular weight is 298 g/mol. The molecule has 0 saturated carbocycles. The molecule has 3 rings (SSSR count). The summed E-state index contributed by atoms with van der Waals surface area (Å²) in [4.78, 5) is 26.7. The van der Waals surface area contributed by atoms with Gasteiger partial charge in [-0.05, 0) is 18.2 Å². The Morgan fingerprint density at radius 1 is 1.23 bits per heavy atom. The van der Waals surface area contributed by atoms with E-state index >= 15 is 0 Å². The minimum atomic E-state index is -0.456. The van der Waals surface area contributed by atoms with Crippen LogP contribution < -0.4 is 10.9 Å². The Balaban J connectivity index is 1.81. The van der Waals surface area contributed by atoms with Gasteiger partial charge in [-0.15, -0.1) is 0 Å². The number of ketones is 1. The highest BCUT2D eigenvalue weighted by atomic mass is 16.3. The van der Waals surface area contributed by atoms with Crippen LogP contribution in [0.15, 0.2) is 51.9 Å². The molecule has 0 fully saturated rings. The SMILES string of the molecule is O=C(CNc1ccco1)Cc1c(O)c2ccccc2[nH]c1=O. The zero-order valence-electron chi connectivity index (χ0n) is 11.6. The molecule has 0 saturated heterocycles. The largest absolute Gasteiger partial charge is 0.507 e. The summed E-state index contributed by atoms with van der Waals surface area (Å²) in [6.07, 6.45) is 1.34. The van der Waals surface area contributed by atoms with Gasteiger partial charge in [0.15, 0.2) is 11.7 Å². The smallest absolute Gasteiger partial charge is 0.255 e. The number of benzene rings is 1. The fraction of sp³-hybridized carbons (Fsp3) is 0.125. The first-order valence-electron chi connectivity index (χ1n) is 6.77. The zero-order valence-corrected chi connectivity index (χ0v) is 11.6. The first-order chi connectivity index (χ1) is 10.6. The molecule has 0 aliphatic carbocycles. The monoisotopic (exact) mass is 298 g/mol. The Morgan fingerprint density at radius 2 is 2.05 bits per heavy atom.